The van der Waals surface area contributed by atoms with Crippen LogP contribution in [-0.4, -0.2) is 36.6 Å². The van der Waals surface area contributed by atoms with Crippen molar-refractivity contribution in [1.82, 2.24) is 9.88 Å². The molecule has 0 bridgehead atoms. The zero-order chi connectivity index (χ0) is 23.9. The molecule has 1 amide bonds. The van der Waals surface area contributed by atoms with Gasteiger partial charge in [0.15, 0.2) is 11.5 Å². The van der Waals surface area contributed by atoms with Gasteiger partial charge in [-0.25, -0.2) is 0 Å². The number of ether oxygens (including phenoxy) is 2. The molecule has 1 aromatic heterocycles. The van der Waals surface area contributed by atoms with Crippen LogP contribution in [0.2, 0.25) is 0 Å². The van der Waals surface area contributed by atoms with Gasteiger partial charge in [-0.1, -0.05) is 33.8 Å². The Balaban J connectivity index is 1.98. The molecule has 0 saturated heterocycles. The summed E-state index contributed by atoms with van der Waals surface area (Å²) in [7, 11) is 3.20. The number of aryl methyl sites for hydroxylation is 1. The van der Waals surface area contributed by atoms with E-state index >= 15 is 0 Å². The second kappa shape index (κ2) is 8.58. The molecule has 0 unspecified atom stereocenters. The Kier molecular flexibility index (Phi) is 5.95. The van der Waals surface area contributed by atoms with Crippen LogP contribution in [0.15, 0.2) is 41.2 Å². The van der Waals surface area contributed by atoms with Crippen molar-refractivity contribution in [3.63, 3.8) is 0 Å². The van der Waals surface area contributed by atoms with Crippen molar-refractivity contribution in [3.05, 3.63) is 69.0 Å². The van der Waals surface area contributed by atoms with Crippen molar-refractivity contribution in [2.45, 2.75) is 46.6 Å². The summed E-state index contributed by atoms with van der Waals surface area (Å²) in [6.07, 6.45) is 1.59. The minimum atomic E-state index is -0.578. The van der Waals surface area contributed by atoms with Gasteiger partial charge in [0.1, 0.15) is 0 Å². The van der Waals surface area contributed by atoms with E-state index in [4.69, 9.17) is 9.47 Å². The van der Waals surface area contributed by atoms with Crippen molar-refractivity contribution < 1.29 is 14.3 Å². The Bertz CT molecular complexity index is 1270. The molecule has 1 aliphatic heterocycles. The topological polar surface area (TPSA) is 71.6 Å². The molecular formula is C27H32N2O4. The van der Waals surface area contributed by atoms with Gasteiger partial charge in [0, 0.05) is 23.0 Å². The second-order valence-corrected chi connectivity index (χ2v) is 9.64. The van der Waals surface area contributed by atoms with E-state index in [9.17, 15) is 9.59 Å². The number of carbonyl (C=O) groups excluding carboxylic acids is 1. The Morgan fingerprint density at radius 2 is 1.76 bits per heavy atom. The second-order valence-electron chi connectivity index (χ2n) is 9.64. The van der Waals surface area contributed by atoms with Crippen LogP contribution in [0.4, 0.5) is 0 Å². The number of benzene rings is 2. The minimum Gasteiger partial charge on any atom is -0.493 e. The molecule has 33 heavy (non-hydrogen) atoms. The fourth-order valence-electron chi connectivity index (χ4n) is 4.63. The van der Waals surface area contributed by atoms with Crippen LogP contribution in [0.3, 0.4) is 0 Å². The number of nitrogens with zero attached hydrogens (tertiary/aromatic N) is 1. The Morgan fingerprint density at radius 1 is 1.06 bits per heavy atom. The normalized spacial score (nSPS) is 15.9. The number of nitrogens with one attached hydrogen (secondary N) is 1. The van der Waals surface area contributed by atoms with Gasteiger partial charge in [0.05, 0.1) is 20.3 Å². The molecule has 6 nitrogen and oxygen atoms in total. The van der Waals surface area contributed by atoms with Crippen molar-refractivity contribution in [2.75, 3.05) is 20.8 Å². The fourth-order valence-corrected chi connectivity index (χ4v) is 4.63. The molecule has 2 aromatic carbocycles. The first-order valence-electron chi connectivity index (χ1n) is 11.4. The molecule has 0 aliphatic carbocycles. The lowest BCUT2D eigenvalue weighted by Crippen LogP contribution is -2.47. The third-order valence-electron chi connectivity index (χ3n) is 6.42. The van der Waals surface area contributed by atoms with E-state index in [1.165, 1.54) is 5.56 Å². The Morgan fingerprint density at radius 3 is 2.39 bits per heavy atom. The quantitative estimate of drug-likeness (QED) is 0.632. The summed E-state index contributed by atoms with van der Waals surface area (Å²) < 4.78 is 11.1. The number of methoxy groups -OCH3 is 2. The standard InChI is InChI=1S/C27H32N2O4/c1-7-16-8-9-21-18(12-16)13-20(25(30)28-21)24-19-15-23(33-6)22(32-5)14-17(19)10-11-29(24)26(31)27(2,3)4/h8-9,12-15,24H,7,10-11H2,1-6H3,(H,28,30)/t24-/m1/s1. The van der Waals surface area contributed by atoms with Gasteiger partial charge in [-0.2, -0.15) is 0 Å². The number of hydrogen-bond donors (Lipinski definition) is 1. The summed E-state index contributed by atoms with van der Waals surface area (Å²) >= 11 is 0. The maximum Gasteiger partial charge on any atom is 0.254 e. The number of carbonyl (C=O) groups is 1. The average molecular weight is 449 g/mol. The first kappa shape index (κ1) is 22.9. The molecule has 3 aromatic rings. The van der Waals surface area contributed by atoms with Crippen LogP contribution in [0.5, 0.6) is 11.5 Å². The monoisotopic (exact) mass is 448 g/mol. The first-order chi connectivity index (χ1) is 15.7. The number of fused-ring (bicyclic) bond motifs is 2. The van der Waals surface area contributed by atoms with Crippen LogP contribution in [-0.2, 0) is 17.6 Å². The predicted octanol–water partition coefficient (Wildman–Crippen LogP) is 4.63. The van der Waals surface area contributed by atoms with Gasteiger partial charge in [-0.3, -0.25) is 9.59 Å². The van der Waals surface area contributed by atoms with Gasteiger partial charge >= 0.3 is 0 Å². The molecule has 4 rings (SSSR count). The van der Waals surface area contributed by atoms with Crippen molar-refractivity contribution in [2.24, 2.45) is 5.41 Å². The van der Waals surface area contributed by atoms with Crippen LogP contribution < -0.4 is 15.0 Å². The summed E-state index contributed by atoms with van der Waals surface area (Å²) in [4.78, 5) is 31.7. The average Bonchev–Trinajstić information content (AvgIpc) is 2.80. The van der Waals surface area contributed by atoms with Crippen molar-refractivity contribution in [1.29, 1.82) is 0 Å². The highest BCUT2D eigenvalue weighted by molar-refractivity contribution is 5.84. The molecule has 0 saturated carbocycles. The molecule has 2 heterocycles. The molecule has 1 atom stereocenters. The fraction of sp³-hybridized carbons (Fsp3) is 0.407. The Hall–Kier alpha value is -3.28. The lowest BCUT2D eigenvalue weighted by Gasteiger charge is -2.40. The number of aromatic nitrogens is 1. The zero-order valence-electron chi connectivity index (χ0n) is 20.2. The smallest absolute Gasteiger partial charge is 0.254 e. The maximum atomic E-state index is 13.5. The number of rotatable bonds is 4. The van der Waals surface area contributed by atoms with E-state index in [0.29, 0.717) is 30.0 Å². The molecule has 174 valence electrons. The van der Waals surface area contributed by atoms with E-state index in [1.54, 1.807) is 14.2 Å². The lowest BCUT2D eigenvalue weighted by molar-refractivity contribution is -0.141. The Labute approximate surface area is 194 Å². The zero-order valence-corrected chi connectivity index (χ0v) is 20.2. The minimum absolute atomic E-state index is 0.00902. The molecule has 0 radical (unpaired) electrons. The third-order valence-corrected chi connectivity index (χ3v) is 6.42. The van der Waals surface area contributed by atoms with Crippen LogP contribution in [0, 0.1) is 5.41 Å². The number of hydrogen-bond acceptors (Lipinski definition) is 4. The predicted molar refractivity (Wildman–Crippen MR) is 130 cm³/mol. The van der Waals surface area contributed by atoms with E-state index in [0.717, 1.165) is 28.5 Å². The highest BCUT2D eigenvalue weighted by Gasteiger charge is 2.38. The van der Waals surface area contributed by atoms with Gasteiger partial charge in [-0.15, -0.1) is 0 Å². The molecule has 1 aliphatic rings. The van der Waals surface area contributed by atoms with E-state index in [-0.39, 0.29) is 11.5 Å². The number of aromatic amines is 1. The van der Waals surface area contributed by atoms with Gasteiger partial charge in [0.25, 0.3) is 5.56 Å². The molecule has 6 heteroatoms. The highest BCUT2D eigenvalue weighted by Crippen LogP contribution is 2.42. The maximum absolute atomic E-state index is 13.5. The summed E-state index contributed by atoms with van der Waals surface area (Å²) in [5, 5.41) is 0.958. The first-order valence-corrected chi connectivity index (χ1v) is 11.4. The molecule has 1 N–H and O–H groups in total. The van der Waals surface area contributed by atoms with Crippen LogP contribution in [0.1, 0.15) is 56.0 Å². The summed E-state index contributed by atoms with van der Waals surface area (Å²) in [6.45, 7) is 8.36. The molecule has 0 spiro atoms. The van der Waals surface area contributed by atoms with Gasteiger partial charge < -0.3 is 19.4 Å². The third kappa shape index (κ3) is 4.10. The lowest BCUT2D eigenvalue weighted by atomic mass is 9.85. The van der Waals surface area contributed by atoms with Gasteiger partial charge in [-0.05, 0) is 65.3 Å². The SMILES string of the molecule is CCc1ccc2[nH]c(=O)c([C@H]3c4cc(OC)c(OC)cc4CCN3C(=O)C(C)(C)C)cc2c1. The van der Waals surface area contributed by atoms with Crippen molar-refractivity contribution in [3.8, 4) is 11.5 Å². The van der Waals surface area contributed by atoms with E-state index < -0.39 is 11.5 Å². The summed E-state index contributed by atoms with van der Waals surface area (Å²) in [5.41, 5.74) is 3.72. The highest BCUT2D eigenvalue weighted by atomic mass is 16.5. The molecule has 0 fully saturated rings. The van der Waals surface area contributed by atoms with Crippen LogP contribution >= 0.6 is 0 Å². The number of amides is 1. The largest absolute Gasteiger partial charge is 0.493 e. The van der Waals surface area contributed by atoms with Gasteiger partial charge in [0.2, 0.25) is 5.91 Å². The van der Waals surface area contributed by atoms with E-state index in [1.807, 2.05) is 56.0 Å². The van der Waals surface area contributed by atoms with Crippen LogP contribution in [0.25, 0.3) is 10.9 Å². The van der Waals surface area contributed by atoms with E-state index in [2.05, 4.69) is 18.0 Å². The number of pyridine rings is 1. The summed E-state index contributed by atoms with van der Waals surface area (Å²) in [6, 6.07) is 11.4. The summed E-state index contributed by atoms with van der Waals surface area (Å²) in [5.74, 6) is 1.23. The molecular weight excluding hydrogens is 416 g/mol. The van der Waals surface area contributed by atoms with Crippen molar-refractivity contribution >= 4 is 16.8 Å². The number of H-pyrrole nitrogens is 1.